The summed E-state index contributed by atoms with van der Waals surface area (Å²) in [7, 11) is 0. The van der Waals surface area contributed by atoms with Gasteiger partial charge in [0.15, 0.2) is 0 Å². The Morgan fingerprint density at radius 3 is 2.75 bits per heavy atom. The number of carbonyl (C=O) groups is 1. The molecule has 0 fully saturated rings. The second kappa shape index (κ2) is 8.34. The number of nitrogens with one attached hydrogen (secondary N) is 2. The van der Waals surface area contributed by atoms with Crippen LogP contribution < -0.4 is 21.1 Å². The Balaban J connectivity index is 1.88. The summed E-state index contributed by atoms with van der Waals surface area (Å²) in [4.78, 5) is 19.1. The number of ether oxygens (including phenoxy) is 1. The van der Waals surface area contributed by atoms with E-state index in [4.69, 9.17) is 10.5 Å². The Labute approximate surface area is 167 Å². The van der Waals surface area contributed by atoms with Crippen molar-refractivity contribution >= 4 is 49.9 Å². The molecule has 7 nitrogen and oxygen atoms in total. The Morgan fingerprint density at radius 2 is 2.00 bits per heavy atom. The van der Waals surface area contributed by atoms with Gasteiger partial charge >= 0.3 is 0 Å². The number of halogens is 3. The van der Waals surface area contributed by atoms with Crippen LogP contribution in [0.4, 0.5) is 26.0 Å². The number of rotatable bonds is 6. The summed E-state index contributed by atoms with van der Waals surface area (Å²) in [6.45, 7) is 1.97. The summed E-state index contributed by atoms with van der Waals surface area (Å²) in [6, 6.07) is 5.25. The quantitative estimate of drug-likeness (QED) is 0.301. The predicted molar refractivity (Wildman–Crippen MR) is 105 cm³/mol. The van der Waals surface area contributed by atoms with Gasteiger partial charge in [0.05, 0.1) is 27.9 Å². The van der Waals surface area contributed by atoms with E-state index in [0.29, 0.717) is 28.9 Å². The smallest absolute Gasteiger partial charge is 0.216 e. The zero-order valence-corrected chi connectivity index (χ0v) is 16.3. The van der Waals surface area contributed by atoms with Crippen LogP contribution in [0.5, 0.6) is 5.75 Å². The summed E-state index contributed by atoms with van der Waals surface area (Å²) in [5, 5.41) is 5.89. The van der Waals surface area contributed by atoms with E-state index in [-0.39, 0.29) is 28.5 Å². The van der Waals surface area contributed by atoms with Crippen LogP contribution in [0.15, 0.2) is 35.1 Å². The van der Waals surface area contributed by atoms with E-state index in [1.54, 1.807) is 12.1 Å². The molecule has 28 heavy (non-hydrogen) atoms. The van der Waals surface area contributed by atoms with Gasteiger partial charge in [-0.2, -0.15) is 0 Å². The fourth-order valence-corrected chi connectivity index (χ4v) is 2.77. The highest BCUT2D eigenvalue weighted by Crippen LogP contribution is 2.32. The van der Waals surface area contributed by atoms with E-state index in [0.717, 1.165) is 12.1 Å². The molecule has 0 aliphatic rings. The van der Waals surface area contributed by atoms with E-state index in [1.165, 1.54) is 13.3 Å². The van der Waals surface area contributed by atoms with Gasteiger partial charge in [0, 0.05) is 24.4 Å². The van der Waals surface area contributed by atoms with Crippen molar-refractivity contribution in [1.82, 2.24) is 15.3 Å². The van der Waals surface area contributed by atoms with Gasteiger partial charge in [-0.05, 0) is 28.1 Å². The van der Waals surface area contributed by atoms with Crippen LogP contribution in [0.1, 0.15) is 6.92 Å². The lowest BCUT2D eigenvalue weighted by Crippen LogP contribution is -2.25. The van der Waals surface area contributed by atoms with Crippen molar-refractivity contribution in [2.24, 2.45) is 0 Å². The highest BCUT2D eigenvalue weighted by atomic mass is 79.9. The number of hydrogen-bond donors (Lipinski definition) is 3. The standard InChI is InChI=1S/C18H16BrF2N5O2/c1-9(27)23-2-3-28-17-7-15-10(4-14(17)22)18(25-8-24-15)26-16-6-12(20)11(19)5-13(16)21/h4-8H,2-3,22H2,1H3,(H,23,27)(H,24,25,26). The molecule has 0 aliphatic heterocycles. The number of aromatic nitrogens is 2. The minimum atomic E-state index is -0.647. The lowest BCUT2D eigenvalue weighted by atomic mass is 10.2. The Morgan fingerprint density at radius 1 is 1.21 bits per heavy atom. The van der Waals surface area contributed by atoms with Gasteiger partial charge in [-0.15, -0.1) is 0 Å². The number of carbonyl (C=O) groups excluding carboxylic acids is 1. The molecule has 0 unspecified atom stereocenters. The monoisotopic (exact) mass is 451 g/mol. The molecule has 0 radical (unpaired) electrons. The van der Waals surface area contributed by atoms with Crippen molar-refractivity contribution < 1.29 is 18.3 Å². The highest BCUT2D eigenvalue weighted by molar-refractivity contribution is 9.10. The first-order valence-electron chi connectivity index (χ1n) is 8.18. The van der Waals surface area contributed by atoms with Crippen LogP contribution in [0.25, 0.3) is 10.9 Å². The summed E-state index contributed by atoms with van der Waals surface area (Å²) >= 11 is 2.93. The van der Waals surface area contributed by atoms with E-state index >= 15 is 0 Å². The third kappa shape index (κ3) is 4.45. The molecule has 0 spiro atoms. The number of nitrogens with two attached hydrogens (primary N) is 1. The molecule has 0 bridgehead atoms. The third-order valence-electron chi connectivity index (χ3n) is 3.76. The maximum atomic E-state index is 14.1. The van der Waals surface area contributed by atoms with E-state index in [9.17, 15) is 13.6 Å². The minimum Gasteiger partial charge on any atom is -0.490 e. The Kier molecular flexibility index (Phi) is 5.88. The van der Waals surface area contributed by atoms with E-state index in [1.807, 2.05) is 0 Å². The topological polar surface area (TPSA) is 102 Å². The van der Waals surface area contributed by atoms with Gasteiger partial charge in [0.1, 0.15) is 36.1 Å². The summed E-state index contributed by atoms with van der Waals surface area (Å²) in [6.07, 6.45) is 1.29. The average Bonchev–Trinajstić information content (AvgIpc) is 2.64. The Hall–Kier alpha value is -3.01. The number of fused-ring (bicyclic) bond motifs is 1. The first-order valence-corrected chi connectivity index (χ1v) is 8.97. The zero-order chi connectivity index (χ0) is 20.3. The molecule has 0 aliphatic carbocycles. The van der Waals surface area contributed by atoms with Gasteiger partial charge < -0.3 is 21.1 Å². The van der Waals surface area contributed by atoms with Crippen molar-refractivity contribution in [3.63, 3.8) is 0 Å². The molecule has 1 aromatic heterocycles. The van der Waals surface area contributed by atoms with Crippen LogP contribution in [-0.4, -0.2) is 29.0 Å². The Bertz CT molecular complexity index is 1050. The van der Waals surface area contributed by atoms with E-state index in [2.05, 4.69) is 36.5 Å². The maximum Gasteiger partial charge on any atom is 0.216 e. The van der Waals surface area contributed by atoms with Crippen molar-refractivity contribution in [2.75, 3.05) is 24.2 Å². The average molecular weight is 452 g/mol. The number of hydrogen-bond acceptors (Lipinski definition) is 6. The number of nitrogen functional groups attached to an aromatic ring is 1. The van der Waals surface area contributed by atoms with E-state index < -0.39 is 11.6 Å². The van der Waals surface area contributed by atoms with Crippen molar-refractivity contribution in [3.8, 4) is 5.75 Å². The predicted octanol–water partition coefficient (Wildman–Crippen LogP) is 3.51. The fourth-order valence-electron chi connectivity index (χ4n) is 2.46. The van der Waals surface area contributed by atoms with Gasteiger partial charge in [-0.3, -0.25) is 4.79 Å². The number of anilines is 3. The summed E-state index contributed by atoms with van der Waals surface area (Å²) < 4.78 is 33.4. The molecule has 0 saturated carbocycles. The molecule has 1 amide bonds. The van der Waals surface area contributed by atoms with Crippen LogP contribution in [-0.2, 0) is 4.79 Å². The fraction of sp³-hybridized carbons (Fsp3) is 0.167. The molecule has 3 rings (SSSR count). The molecule has 4 N–H and O–H groups in total. The van der Waals surface area contributed by atoms with Crippen molar-refractivity contribution in [1.29, 1.82) is 0 Å². The van der Waals surface area contributed by atoms with Gasteiger partial charge in [0.2, 0.25) is 5.91 Å². The largest absolute Gasteiger partial charge is 0.490 e. The number of nitrogens with zero attached hydrogens (tertiary/aromatic N) is 2. The summed E-state index contributed by atoms with van der Waals surface area (Å²) in [5.74, 6) is -0.761. The third-order valence-corrected chi connectivity index (χ3v) is 4.37. The van der Waals surface area contributed by atoms with Crippen molar-refractivity contribution in [2.45, 2.75) is 6.92 Å². The molecule has 10 heteroatoms. The minimum absolute atomic E-state index is 0.0217. The molecule has 2 aromatic carbocycles. The number of amides is 1. The molecule has 0 atom stereocenters. The first kappa shape index (κ1) is 19.7. The molecule has 3 aromatic rings. The number of benzene rings is 2. The lowest BCUT2D eigenvalue weighted by Gasteiger charge is -2.13. The second-order valence-electron chi connectivity index (χ2n) is 5.83. The normalized spacial score (nSPS) is 10.7. The van der Waals surface area contributed by atoms with Gasteiger partial charge in [0.25, 0.3) is 0 Å². The SMILES string of the molecule is CC(=O)NCCOc1cc2ncnc(Nc3cc(F)c(Br)cc3F)c2cc1N. The second-order valence-corrected chi connectivity index (χ2v) is 6.69. The molecule has 1 heterocycles. The lowest BCUT2D eigenvalue weighted by molar-refractivity contribution is -0.119. The van der Waals surface area contributed by atoms with Crippen LogP contribution >= 0.6 is 15.9 Å². The van der Waals surface area contributed by atoms with Crippen molar-refractivity contribution in [3.05, 3.63) is 46.7 Å². The first-order chi connectivity index (χ1) is 13.3. The molecular weight excluding hydrogens is 436 g/mol. The molecule has 0 saturated heterocycles. The van der Waals surface area contributed by atoms with Crippen LogP contribution in [0, 0.1) is 11.6 Å². The van der Waals surface area contributed by atoms with Crippen LogP contribution in [0.2, 0.25) is 0 Å². The van der Waals surface area contributed by atoms with Crippen LogP contribution in [0.3, 0.4) is 0 Å². The zero-order valence-electron chi connectivity index (χ0n) is 14.7. The molecular formula is C18H16BrF2N5O2. The highest BCUT2D eigenvalue weighted by Gasteiger charge is 2.13. The maximum absolute atomic E-state index is 14.1. The summed E-state index contributed by atoms with van der Waals surface area (Å²) in [5.41, 5.74) is 6.77. The van der Waals surface area contributed by atoms with Gasteiger partial charge in [-0.25, -0.2) is 18.7 Å². The van der Waals surface area contributed by atoms with Gasteiger partial charge in [-0.1, -0.05) is 0 Å². The molecule has 146 valence electrons.